The van der Waals surface area contributed by atoms with E-state index < -0.39 is 16.8 Å². The Hall–Kier alpha value is -1.25. The fourth-order valence-electron chi connectivity index (χ4n) is 2.40. The maximum atomic E-state index is 12.3. The van der Waals surface area contributed by atoms with Gasteiger partial charge in [0.2, 0.25) is 0 Å². The number of para-hydroxylation sites is 1. The van der Waals surface area contributed by atoms with Gasteiger partial charge in [0.05, 0.1) is 0 Å². The van der Waals surface area contributed by atoms with E-state index in [9.17, 15) is 17.2 Å². The Labute approximate surface area is 129 Å². The summed E-state index contributed by atoms with van der Waals surface area (Å²) in [6, 6.07) is 6.16. The van der Waals surface area contributed by atoms with Crippen molar-refractivity contribution in [1.82, 2.24) is 9.03 Å². The molecule has 0 spiro atoms. The highest BCUT2D eigenvalue weighted by atomic mass is 32.2. The zero-order valence-corrected chi connectivity index (χ0v) is 13.0. The molecule has 1 heterocycles. The number of hydrogen-bond acceptors (Lipinski definition) is 3. The molecule has 0 amide bonds. The van der Waals surface area contributed by atoms with Crippen molar-refractivity contribution in [2.45, 2.75) is 38.8 Å². The summed E-state index contributed by atoms with van der Waals surface area (Å²) in [4.78, 5) is 0. The molecule has 0 atom stereocenters. The van der Waals surface area contributed by atoms with Crippen molar-refractivity contribution in [3.05, 3.63) is 29.8 Å². The highest BCUT2D eigenvalue weighted by molar-refractivity contribution is 7.87. The van der Waals surface area contributed by atoms with E-state index in [0.717, 1.165) is 25.7 Å². The van der Waals surface area contributed by atoms with Crippen molar-refractivity contribution in [2.24, 2.45) is 0 Å². The monoisotopic (exact) mass is 334 g/mol. The number of nitrogens with one attached hydrogen (secondary N) is 1. The summed E-state index contributed by atoms with van der Waals surface area (Å²) in [5, 5.41) is 0. The molecule has 0 unspecified atom stereocenters. The second-order valence-corrected chi connectivity index (χ2v) is 6.88. The van der Waals surface area contributed by atoms with E-state index in [0.29, 0.717) is 18.7 Å². The molecular weight excluding hydrogens is 314 g/mol. The van der Waals surface area contributed by atoms with Crippen molar-refractivity contribution >= 4 is 10.2 Å². The molecule has 1 aromatic carbocycles. The molecular formula is C14H20F2N2O3S. The predicted molar refractivity (Wildman–Crippen MR) is 78.9 cm³/mol. The van der Waals surface area contributed by atoms with Crippen molar-refractivity contribution in [2.75, 3.05) is 13.1 Å². The minimum Gasteiger partial charge on any atom is -0.434 e. The molecule has 2 rings (SSSR count). The highest BCUT2D eigenvalue weighted by Gasteiger charge is 2.23. The minimum absolute atomic E-state index is 0.0175. The molecule has 1 aromatic rings. The van der Waals surface area contributed by atoms with E-state index in [4.69, 9.17) is 0 Å². The van der Waals surface area contributed by atoms with Crippen LogP contribution in [0.3, 0.4) is 0 Å². The van der Waals surface area contributed by atoms with E-state index in [1.54, 1.807) is 18.2 Å². The molecule has 5 nitrogen and oxygen atoms in total. The van der Waals surface area contributed by atoms with Gasteiger partial charge < -0.3 is 4.74 Å². The molecule has 1 aliphatic heterocycles. The second kappa shape index (κ2) is 7.85. The number of alkyl halides is 2. The summed E-state index contributed by atoms with van der Waals surface area (Å²) < 4.78 is 57.5. The Morgan fingerprint density at radius 1 is 1.14 bits per heavy atom. The Morgan fingerprint density at radius 3 is 2.41 bits per heavy atom. The van der Waals surface area contributed by atoms with Gasteiger partial charge in [-0.2, -0.15) is 26.2 Å². The van der Waals surface area contributed by atoms with Gasteiger partial charge in [-0.3, -0.25) is 0 Å². The van der Waals surface area contributed by atoms with Gasteiger partial charge in [0, 0.05) is 25.2 Å². The quantitative estimate of drug-likeness (QED) is 0.869. The molecule has 22 heavy (non-hydrogen) atoms. The average Bonchev–Trinajstić information content (AvgIpc) is 2.75. The number of nitrogens with zero attached hydrogens (tertiary/aromatic N) is 1. The minimum atomic E-state index is -3.61. The maximum Gasteiger partial charge on any atom is 0.387 e. The first-order chi connectivity index (χ1) is 10.5. The highest BCUT2D eigenvalue weighted by Crippen LogP contribution is 2.20. The van der Waals surface area contributed by atoms with E-state index in [2.05, 4.69) is 9.46 Å². The molecule has 0 saturated carbocycles. The molecule has 1 saturated heterocycles. The first kappa shape index (κ1) is 17.1. The molecule has 124 valence electrons. The number of benzene rings is 1. The maximum absolute atomic E-state index is 12.3. The SMILES string of the molecule is O=S(=O)(NCc1ccccc1OC(F)F)N1CCCCCC1. The van der Waals surface area contributed by atoms with Crippen LogP contribution in [-0.4, -0.2) is 32.4 Å². The molecule has 1 aliphatic rings. The van der Waals surface area contributed by atoms with E-state index >= 15 is 0 Å². The fourth-order valence-corrected chi connectivity index (χ4v) is 3.66. The number of rotatable bonds is 6. The van der Waals surface area contributed by atoms with Crippen molar-refractivity contribution in [3.8, 4) is 5.75 Å². The van der Waals surface area contributed by atoms with Crippen LogP contribution in [0.1, 0.15) is 31.2 Å². The number of hydrogen-bond donors (Lipinski definition) is 1. The third-order valence-corrected chi connectivity index (χ3v) is 5.09. The molecule has 0 bridgehead atoms. The predicted octanol–water partition coefficient (Wildman–Crippen LogP) is 2.50. The summed E-state index contributed by atoms with van der Waals surface area (Å²) in [5.74, 6) is -0.0175. The Kier molecular flexibility index (Phi) is 6.10. The topological polar surface area (TPSA) is 58.6 Å². The first-order valence-electron chi connectivity index (χ1n) is 7.26. The van der Waals surface area contributed by atoms with Gasteiger partial charge in [-0.05, 0) is 18.9 Å². The van der Waals surface area contributed by atoms with E-state index in [1.807, 2.05) is 0 Å². The third-order valence-electron chi connectivity index (χ3n) is 3.54. The summed E-state index contributed by atoms with van der Waals surface area (Å²) >= 11 is 0. The summed E-state index contributed by atoms with van der Waals surface area (Å²) in [6.45, 7) is -2.04. The lowest BCUT2D eigenvalue weighted by atomic mass is 10.2. The molecule has 0 radical (unpaired) electrons. The van der Waals surface area contributed by atoms with Gasteiger partial charge in [0.25, 0.3) is 10.2 Å². The lowest BCUT2D eigenvalue weighted by Gasteiger charge is -2.20. The lowest BCUT2D eigenvalue weighted by Crippen LogP contribution is -2.40. The van der Waals surface area contributed by atoms with Gasteiger partial charge >= 0.3 is 6.61 Å². The summed E-state index contributed by atoms with van der Waals surface area (Å²) in [7, 11) is -3.61. The van der Waals surface area contributed by atoms with E-state index in [-0.39, 0.29) is 12.3 Å². The van der Waals surface area contributed by atoms with Crippen molar-refractivity contribution in [1.29, 1.82) is 0 Å². The van der Waals surface area contributed by atoms with Gasteiger partial charge in [-0.15, -0.1) is 0 Å². The summed E-state index contributed by atoms with van der Waals surface area (Å²) in [5.41, 5.74) is 0.376. The third kappa shape index (κ3) is 4.89. The van der Waals surface area contributed by atoms with Gasteiger partial charge in [-0.1, -0.05) is 31.0 Å². The second-order valence-electron chi connectivity index (χ2n) is 5.13. The standard InChI is InChI=1S/C14H20F2N2O3S/c15-14(16)21-13-8-4-3-7-12(13)11-17-22(19,20)18-9-5-1-2-6-10-18/h3-4,7-8,14,17H,1-2,5-6,9-11H2. The zero-order valence-electron chi connectivity index (χ0n) is 12.2. The Bertz CT molecular complexity index is 573. The van der Waals surface area contributed by atoms with Gasteiger partial charge in [-0.25, -0.2) is 0 Å². The van der Waals surface area contributed by atoms with Crippen LogP contribution in [0.25, 0.3) is 0 Å². The van der Waals surface area contributed by atoms with Crippen LogP contribution in [0, 0.1) is 0 Å². The Morgan fingerprint density at radius 2 is 1.77 bits per heavy atom. The van der Waals surface area contributed by atoms with Crippen LogP contribution < -0.4 is 9.46 Å². The fraction of sp³-hybridized carbons (Fsp3) is 0.571. The Balaban J connectivity index is 2.02. The molecule has 1 fully saturated rings. The molecule has 8 heteroatoms. The van der Waals surface area contributed by atoms with Crippen molar-refractivity contribution in [3.63, 3.8) is 0 Å². The van der Waals surface area contributed by atoms with Crippen LogP contribution in [0.15, 0.2) is 24.3 Å². The first-order valence-corrected chi connectivity index (χ1v) is 8.70. The normalized spacial score (nSPS) is 17.4. The molecule has 1 N–H and O–H groups in total. The smallest absolute Gasteiger partial charge is 0.387 e. The van der Waals surface area contributed by atoms with Crippen LogP contribution in [-0.2, 0) is 16.8 Å². The van der Waals surface area contributed by atoms with Crippen LogP contribution in [0.4, 0.5) is 8.78 Å². The van der Waals surface area contributed by atoms with Crippen LogP contribution >= 0.6 is 0 Å². The van der Waals surface area contributed by atoms with Crippen molar-refractivity contribution < 1.29 is 21.9 Å². The largest absolute Gasteiger partial charge is 0.434 e. The lowest BCUT2D eigenvalue weighted by molar-refractivity contribution is -0.0504. The number of ether oxygens (including phenoxy) is 1. The summed E-state index contributed by atoms with van der Waals surface area (Å²) in [6.07, 6.45) is 3.73. The van der Waals surface area contributed by atoms with Crippen LogP contribution in [0.2, 0.25) is 0 Å². The zero-order chi connectivity index (χ0) is 16.0. The average molecular weight is 334 g/mol. The molecule has 0 aromatic heterocycles. The van der Waals surface area contributed by atoms with Gasteiger partial charge in [0.15, 0.2) is 0 Å². The molecule has 0 aliphatic carbocycles. The number of halogens is 2. The van der Waals surface area contributed by atoms with Gasteiger partial charge in [0.1, 0.15) is 5.75 Å². The van der Waals surface area contributed by atoms with E-state index in [1.165, 1.54) is 10.4 Å². The van der Waals surface area contributed by atoms with Crippen LogP contribution in [0.5, 0.6) is 5.75 Å².